The fourth-order valence-electron chi connectivity index (χ4n) is 4.48. The number of carbonyl (C=O) groups is 3. The predicted octanol–water partition coefficient (Wildman–Crippen LogP) is 2.67. The number of rotatable bonds is 7. The Hall–Kier alpha value is -4.41. The molecule has 37 heavy (non-hydrogen) atoms. The van der Waals surface area contributed by atoms with Gasteiger partial charge in [0.25, 0.3) is 0 Å². The van der Waals surface area contributed by atoms with Crippen molar-refractivity contribution in [3.63, 3.8) is 0 Å². The van der Waals surface area contributed by atoms with Crippen LogP contribution in [0.2, 0.25) is 0 Å². The molecule has 2 fully saturated rings. The number of hydrogen-bond donors (Lipinski definition) is 2. The van der Waals surface area contributed by atoms with E-state index in [-0.39, 0.29) is 23.7 Å². The Morgan fingerprint density at radius 3 is 2.19 bits per heavy atom. The van der Waals surface area contributed by atoms with Gasteiger partial charge in [0, 0.05) is 44.5 Å². The molecule has 11 heteroatoms. The van der Waals surface area contributed by atoms with Crippen molar-refractivity contribution in [2.45, 2.75) is 25.2 Å². The second-order valence-corrected chi connectivity index (χ2v) is 9.17. The molecule has 3 amide bonds. The Kier molecular flexibility index (Phi) is 6.51. The van der Waals surface area contributed by atoms with Crippen LogP contribution in [0.15, 0.2) is 52.9 Å². The van der Waals surface area contributed by atoms with Crippen LogP contribution >= 0.6 is 0 Å². The lowest BCUT2D eigenvalue weighted by molar-refractivity contribution is -0.129. The lowest BCUT2D eigenvalue weighted by atomic mass is 9.95. The maximum absolute atomic E-state index is 12.9. The highest BCUT2D eigenvalue weighted by Gasteiger charge is 2.51. The van der Waals surface area contributed by atoms with E-state index < -0.39 is 11.3 Å². The van der Waals surface area contributed by atoms with Crippen LogP contribution in [0.25, 0.3) is 0 Å². The van der Waals surface area contributed by atoms with Gasteiger partial charge in [0.05, 0.1) is 12.5 Å². The van der Waals surface area contributed by atoms with Crippen LogP contribution in [-0.2, 0) is 15.0 Å². The first kappa shape index (κ1) is 24.3. The van der Waals surface area contributed by atoms with E-state index in [1.807, 2.05) is 41.3 Å². The van der Waals surface area contributed by atoms with Crippen LogP contribution in [0.5, 0.6) is 5.75 Å². The van der Waals surface area contributed by atoms with Crippen LogP contribution in [-0.4, -0.2) is 66.1 Å². The van der Waals surface area contributed by atoms with Crippen molar-refractivity contribution in [3.8, 4) is 5.75 Å². The van der Waals surface area contributed by atoms with Crippen molar-refractivity contribution < 1.29 is 23.5 Å². The molecule has 1 saturated heterocycles. The number of benzene rings is 2. The van der Waals surface area contributed by atoms with E-state index in [0.717, 1.165) is 30.1 Å². The van der Waals surface area contributed by atoms with Crippen molar-refractivity contribution in [2.24, 2.45) is 0 Å². The van der Waals surface area contributed by atoms with Gasteiger partial charge in [-0.1, -0.05) is 17.2 Å². The van der Waals surface area contributed by atoms with Gasteiger partial charge >= 0.3 is 17.8 Å². The van der Waals surface area contributed by atoms with Crippen molar-refractivity contribution in [1.82, 2.24) is 15.1 Å². The summed E-state index contributed by atoms with van der Waals surface area (Å²) < 4.78 is 10.6. The maximum atomic E-state index is 12.9. The molecule has 2 N–H and O–H groups in total. The second kappa shape index (κ2) is 9.92. The molecule has 2 aliphatic rings. The molecule has 0 unspecified atom stereocenters. The quantitative estimate of drug-likeness (QED) is 0.502. The molecule has 2 aromatic carbocycles. The van der Waals surface area contributed by atoms with E-state index >= 15 is 0 Å². The fourth-order valence-corrected chi connectivity index (χ4v) is 4.48. The summed E-state index contributed by atoms with van der Waals surface area (Å²) in [6.45, 7) is 4.46. The number of carbonyl (C=O) groups excluding carboxylic acids is 3. The van der Waals surface area contributed by atoms with Crippen LogP contribution in [0.3, 0.4) is 0 Å². The molecule has 1 aliphatic carbocycles. The Morgan fingerprint density at radius 2 is 1.59 bits per heavy atom. The summed E-state index contributed by atoms with van der Waals surface area (Å²) in [5.41, 5.74) is 1.81. The van der Waals surface area contributed by atoms with Crippen LogP contribution < -0.4 is 20.3 Å². The van der Waals surface area contributed by atoms with Gasteiger partial charge in [-0.2, -0.15) is 0 Å². The lowest BCUT2D eigenvalue weighted by Crippen LogP contribution is -2.48. The number of aromatic nitrogens is 2. The fraction of sp³-hybridized carbons (Fsp3) is 0.346. The zero-order valence-corrected chi connectivity index (χ0v) is 20.7. The third-order valence-electron chi connectivity index (χ3n) is 6.88. The van der Waals surface area contributed by atoms with Crippen molar-refractivity contribution in [2.75, 3.05) is 48.8 Å². The van der Waals surface area contributed by atoms with Gasteiger partial charge in [-0.25, -0.2) is 0 Å². The highest BCUT2D eigenvalue weighted by Crippen LogP contribution is 2.49. The third-order valence-corrected chi connectivity index (χ3v) is 6.88. The molecule has 3 aromatic rings. The van der Waals surface area contributed by atoms with Gasteiger partial charge in [-0.05, 0) is 54.8 Å². The smallest absolute Gasteiger partial charge is 0.322 e. The average Bonchev–Trinajstić information content (AvgIpc) is 3.61. The molecule has 1 aromatic heterocycles. The largest absolute Gasteiger partial charge is 0.497 e. The Morgan fingerprint density at radius 1 is 0.919 bits per heavy atom. The Labute approximate surface area is 213 Å². The van der Waals surface area contributed by atoms with Crippen molar-refractivity contribution in [1.29, 1.82) is 0 Å². The number of nitrogens with zero attached hydrogens (tertiary/aromatic N) is 4. The molecular formula is C26H28N6O5. The second-order valence-electron chi connectivity index (χ2n) is 9.17. The summed E-state index contributed by atoms with van der Waals surface area (Å²) in [6.07, 6.45) is 1.41. The van der Waals surface area contributed by atoms with E-state index in [4.69, 9.17) is 9.15 Å². The van der Waals surface area contributed by atoms with Crippen LogP contribution in [0.4, 0.5) is 17.4 Å². The van der Waals surface area contributed by atoms with Gasteiger partial charge in [0.1, 0.15) is 5.75 Å². The molecule has 0 spiro atoms. The normalized spacial score (nSPS) is 16.2. The summed E-state index contributed by atoms with van der Waals surface area (Å²) in [7, 11) is 1.59. The summed E-state index contributed by atoms with van der Waals surface area (Å²) in [6, 6.07) is 14.6. The summed E-state index contributed by atoms with van der Waals surface area (Å²) in [4.78, 5) is 41.1. The molecule has 5 rings (SSSR count). The minimum absolute atomic E-state index is 0.0887. The summed E-state index contributed by atoms with van der Waals surface area (Å²) >= 11 is 0. The molecule has 0 atom stereocenters. The molecule has 2 heterocycles. The zero-order chi connectivity index (χ0) is 26.0. The van der Waals surface area contributed by atoms with Crippen molar-refractivity contribution >= 4 is 35.1 Å². The summed E-state index contributed by atoms with van der Waals surface area (Å²) in [5.74, 6) is -0.283. The highest BCUT2D eigenvalue weighted by atomic mass is 16.5. The topological polar surface area (TPSA) is 130 Å². The number of anilines is 3. The van der Waals surface area contributed by atoms with Gasteiger partial charge in [-0.3, -0.25) is 19.7 Å². The molecule has 11 nitrogen and oxygen atoms in total. The van der Waals surface area contributed by atoms with E-state index in [1.165, 1.54) is 0 Å². The highest BCUT2D eigenvalue weighted by molar-refractivity contribution is 6.02. The van der Waals surface area contributed by atoms with Gasteiger partial charge in [-0.15, -0.1) is 5.10 Å². The van der Waals surface area contributed by atoms with Gasteiger partial charge in [0.2, 0.25) is 11.8 Å². The third kappa shape index (κ3) is 5.11. The average molecular weight is 505 g/mol. The van der Waals surface area contributed by atoms with E-state index in [1.54, 1.807) is 26.2 Å². The molecular weight excluding hydrogens is 476 g/mol. The monoisotopic (exact) mass is 504 g/mol. The predicted molar refractivity (Wildman–Crippen MR) is 136 cm³/mol. The standard InChI is InChI=1S/C26H28N6O5/c1-17(33)31-13-15-32(16-14-31)20-7-5-19(6-8-20)27-22(34)23-29-30-25(37-23)28-24(35)26(11-12-26)18-3-9-21(36-2)10-4-18/h3-10H,11-16H2,1-2H3,(H,27,34)(H,28,30,35). The van der Waals surface area contributed by atoms with E-state index in [9.17, 15) is 14.4 Å². The number of ether oxygens (including phenoxy) is 1. The molecule has 0 radical (unpaired) electrons. The lowest BCUT2D eigenvalue weighted by Gasteiger charge is -2.35. The first-order valence-corrected chi connectivity index (χ1v) is 12.1. The van der Waals surface area contributed by atoms with Crippen LogP contribution in [0, 0.1) is 0 Å². The summed E-state index contributed by atoms with van der Waals surface area (Å²) in [5, 5.41) is 13.0. The number of methoxy groups -OCH3 is 1. The first-order valence-electron chi connectivity index (χ1n) is 12.1. The van der Waals surface area contributed by atoms with Crippen molar-refractivity contribution in [3.05, 3.63) is 60.0 Å². The number of nitrogens with one attached hydrogen (secondary N) is 2. The van der Waals surface area contributed by atoms with E-state index in [2.05, 4.69) is 25.7 Å². The molecule has 1 saturated carbocycles. The SMILES string of the molecule is COc1ccc(C2(C(=O)Nc3nnc(C(=O)Nc4ccc(N5CCN(C(C)=O)CC5)cc4)o3)CC2)cc1. The minimum Gasteiger partial charge on any atom is -0.497 e. The number of piperazine rings is 1. The number of hydrogen-bond acceptors (Lipinski definition) is 8. The first-order chi connectivity index (χ1) is 17.9. The number of amides is 3. The van der Waals surface area contributed by atoms with E-state index in [0.29, 0.717) is 31.6 Å². The van der Waals surface area contributed by atoms with Crippen LogP contribution in [0.1, 0.15) is 36.0 Å². The molecule has 192 valence electrons. The van der Waals surface area contributed by atoms with Gasteiger partial charge < -0.3 is 24.3 Å². The zero-order valence-electron chi connectivity index (χ0n) is 20.7. The molecule has 0 bridgehead atoms. The Balaban J connectivity index is 1.16. The minimum atomic E-state index is -0.649. The molecule has 1 aliphatic heterocycles. The maximum Gasteiger partial charge on any atom is 0.322 e. The van der Waals surface area contributed by atoms with Gasteiger partial charge in [0.15, 0.2) is 0 Å². The Bertz CT molecular complexity index is 1290.